The van der Waals surface area contributed by atoms with Gasteiger partial charge in [-0.1, -0.05) is 6.07 Å². The fourth-order valence-electron chi connectivity index (χ4n) is 2.54. The Hall–Kier alpha value is -2.35. The summed E-state index contributed by atoms with van der Waals surface area (Å²) in [5, 5.41) is 6.00. The molecule has 3 rings (SSSR count). The maximum Gasteiger partial charge on any atom is 0.317 e. The quantitative estimate of drug-likeness (QED) is 0.914. The molecule has 2 aromatic heterocycles. The molecule has 0 aliphatic carbocycles. The van der Waals surface area contributed by atoms with E-state index in [1.54, 1.807) is 24.5 Å². The van der Waals surface area contributed by atoms with Crippen LogP contribution in [0.15, 0.2) is 23.6 Å². The third-order valence-corrected chi connectivity index (χ3v) is 4.87. The average Bonchev–Trinajstić information content (AvgIpc) is 3.06. The number of aryl methyl sites for hydroxylation is 1. The summed E-state index contributed by atoms with van der Waals surface area (Å²) < 4.78 is 5.09. The van der Waals surface area contributed by atoms with Gasteiger partial charge < -0.3 is 19.9 Å². The highest BCUT2D eigenvalue weighted by Gasteiger charge is 2.22. The zero-order chi connectivity index (χ0) is 16.9. The van der Waals surface area contributed by atoms with Crippen LogP contribution in [0.25, 0.3) is 0 Å². The van der Waals surface area contributed by atoms with E-state index in [1.165, 1.54) is 0 Å². The van der Waals surface area contributed by atoms with Crippen molar-refractivity contribution >= 4 is 22.5 Å². The smallest absolute Gasteiger partial charge is 0.317 e. The van der Waals surface area contributed by atoms with E-state index in [2.05, 4.69) is 25.6 Å². The van der Waals surface area contributed by atoms with E-state index < -0.39 is 0 Å². The van der Waals surface area contributed by atoms with Crippen LogP contribution in [-0.2, 0) is 6.54 Å². The molecule has 1 fully saturated rings. The van der Waals surface area contributed by atoms with Crippen LogP contribution in [0.2, 0.25) is 0 Å². The number of ether oxygens (including phenoxy) is 1. The van der Waals surface area contributed by atoms with E-state index in [1.807, 2.05) is 24.0 Å². The standard InChI is InChI=1S/C16H21N5O2S/c1-12-11-24-16(18-12)21-8-6-20(7-9-21)15(22)17-10-13-4-3-5-14(19-13)23-2/h3-5,11H,6-10H2,1-2H3,(H,17,22). The van der Waals surface area contributed by atoms with Crippen LogP contribution in [0.1, 0.15) is 11.4 Å². The fraction of sp³-hybridized carbons (Fsp3) is 0.438. The molecule has 128 valence electrons. The lowest BCUT2D eigenvalue weighted by atomic mass is 10.3. The molecule has 0 unspecified atom stereocenters. The minimum Gasteiger partial charge on any atom is -0.481 e. The highest BCUT2D eigenvalue weighted by molar-refractivity contribution is 7.13. The molecule has 3 heterocycles. The Balaban J connectivity index is 1.48. The molecule has 2 amide bonds. The minimum atomic E-state index is -0.0606. The number of urea groups is 1. The number of piperazine rings is 1. The van der Waals surface area contributed by atoms with Gasteiger partial charge in [0.25, 0.3) is 0 Å². The summed E-state index contributed by atoms with van der Waals surface area (Å²) in [6.45, 7) is 5.37. The summed E-state index contributed by atoms with van der Waals surface area (Å²) in [5.74, 6) is 0.550. The molecule has 2 aromatic rings. The molecule has 1 aliphatic heterocycles. The Morgan fingerprint density at radius 3 is 2.75 bits per heavy atom. The normalized spacial score (nSPS) is 14.6. The van der Waals surface area contributed by atoms with Crippen LogP contribution in [0.3, 0.4) is 0 Å². The molecule has 0 atom stereocenters. The Bertz CT molecular complexity index is 697. The second kappa shape index (κ2) is 7.48. The lowest BCUT2D eigenvalue weighted by Gasteiger charge is -2.34. The number of rotatable bonds is 4. The number of carbonyl (C=O) groups is 1. The van der Waals surface area contributed by atoms with Crippen LogP contribution in [0, 0.1) is 6.92 Å². The average molecular weight is 347 g/mol. The first kappa shape index (κ1) is 16.5. The van der Waals surface area contributed by atoms with Crippen LogP contribution < -0.4 is 15.0 Å². The summed E-state index contributed by atoms with van der Waals surface area (Å²) in [5.41, 5.74) is 1.82. The van der Waals surface area contributed by atoms with Gasteiger partial charge in [-0.25, -0.2) is 14.8 Å². The number of nitrogens with one attached hydrogen (secondary N) is 1. The lowest BCUT2D eigenvalue weighted by Crippen LogP contribution is -2.51. The van der Waals surface area contributed by atoms with E-state index in [4.69, 9.17) is 4.74 Å². The summed E-state index contributed by atoms with van der Waals surface area (Å²) in [7, 11) is 1.58. The predicted octanol–water partition coefficient (Wildman–Crippen LogP) is 1.89. The Morgan fingerprint density at radius 2 is 2.08 bits per heavy atom. The van der Waals surface area contributed by atoms with Gasteiger partial charge in [0.1, 0.15) is 0 Å². The SMILES string of the molecule is COc1cccc(CNC(=O)N2CCN(c3nc(C)cs3)CC2)n1. The number of carbonyl (C=O) groups excluding carboxylic acids is 1. The van der Waals surface area contributed by atoms with Crippen LogP contribution in [0.5, 0.6) is 5.88 Å². The van der Waals surface area contributed by atoms with Crippen molar-refractivity contribution in [1.29, 1.82) is 0 Å². The first-order valence-electron chi connectivity index (χ1n) is 7.85. The monoisotopic (exact) mass is 347 g/mol. The number of hydrogen-bond acceptors (Lipinski definition) is 6. The molecular formula is C16H21N5O2S. The zero-order valence-corrected chi connectivity index (χ0v) is 14.7. The van der Waals surface area contributed by atoms with Crippen molar-refractivity contribution in [3.8, 4) is 5.88 Å². The van der Waals surface area contributed by atoms with Crippen LogP contribution >= 0.6 is 11.3 Å². The van der Waals surface area contributed by atoms with Gasteiger partial charge in [-0.05, 0) is 13.0 Å². The van der Waals surface area contributed by atoms with E-state index in [-0.39, 0.29) is 6.03 Å². The number of thiazole rings is 1. The number of anilines is 1. The summed E-state index contributed by atoms with van der Waals surface area (Å²) in [6.07, 6.45) is 0. The van der Waals surface area contributed by atoms with Crippen molar-refractivity contribution in [2.24, 2.45) is 0 Å². The molecule has 0 spiro atoms. The zero-order valence-electron chi connectivity index (χ0n) is 13.9. The number of hydrogen-bond donors (Lipinski definition) is 1. The number of amides is 2. The van der Waals surface area contributed by atoms with Gasteiger partial charge in [-0.2, -0.15) is 0 Å². The molecule has 7 nitrogen and oxygen atoms in total. The second-order valence-electron chi connectivity index (χ2n) is 5.58. The predicted molar refractivity (Wildman–Crippen MR) is 93.7 cm³/mol. The minimum absolute atomic E-state index is 0.0606. The Labute approximate surface area is 145 Å². The second-order valence-corrected chi connectivity index (χ2v) is 6.41. The maximum absolute atomic E-state index is 12.3. The van der Waals surface area contributed by atoms with Crippen LogP contribution in [0.4, 0.5) is 9.93 Å². The van der Waals surface area contributed by atoms with Crippen molar-refractivity contribution < 1.29 is 9.53 Å². The van der Waals surface area contributed by atoms with Gasteiger partial charge in [0.15, 0.2) is 5.13 Å². The topological polar surface area (TPSA) is 70.6 Å². The first-order valence-corrected chi connectivity index (χ1v) is 8.73. The molecule has 0 bridgehead atoms. The van der Waals surface area contributed by atoms with Gasteiger partial charge in [0, 0.05) is 37.6 Å². The molecule has 1 aliphatic rings. The molecule has 8 heteroatoms. The Morgan fingerprint density at radius 1 is 1.29 bits per heavy atom. The van der Waals surface area contributed by atoms with Crippen LogP contribution in [-0.4, -0.2) is 54.2 Å². The third-order valence-electron chi connectivity index (χ3n) is 3.86. The largest absolute Gasteiger partial charge is 0.481 e. The molecule has 0 aromatic carbocycles. The number of nitrogens with zero attached hydrogens (tertiary/aromatic N) is 4. The molecular weight excluding hydrogens is 326 g/mol. The van der Waals surface area contributed by atoms with Crippen molar-refractivity contribution in [3.63, 3.8) is 0 Å². The fourth-order valence-corrected chi connectivity index (χ4v) is 3.39. The third kappa shape index (κ3) is 3.94. The number of aromatic nitrogens is 2. The van der Waals surface area contributed by atoms with Gasteiger partial charge in [-0.3, -0.25) is 0 Å². The highest BCUT2D eigenvalue weighted by atomic mass is 32.1. The summed E-state index contributed by atoms with van der Waals surface area (Å²) in [6, 6.07) is 5.45. The lowest BCUT2D eigenvalue weighted by molar-refractivity contribution is 0.193. The molecule has 0 radical (unpaired) electrons. The highest BCUT2D eigenvalue weighted by Crippen LogP contribution is 2.21. The van der Waals surface area contributed by atoms with Gasteiger partial charge in [0.05, 0.1) is 25.0 Å². The molecule has 1 saturated heterocycles. The van der Waals surface area contributed by atoms with Crippen molar-refractivity contribution in [2.75, 3.05) is 38.2 Å². The van der Waals surface area contributed by atoms with Crippen molar-refractivity contribution in [2.45, 2.75) is 13.5 Å². The van der Waals surface area contributed by atoms with E-state index in [0.29, 0.717) is 25.5 Å². The van der Waals surface area contributed by atoms with Crippen molar-refractivity contribution in [3.05, 3.63) is 35.0 Å². The van der Waals surface area contributed by atoms with E-state index in [0.717, 1.165) is 29.6 Å². The number of pyridine rings is 1. The van der Waals surface area contributed by atoms with E-state index >= 15 is 0 Å². The van der Waals surface area contributed by atoms with E-state index in [9.17, 15) is 4.79 Å². The first-order chi connectivity index (χ1) is 11.7. The van der Waals surface area contributed by atoms with Gasteiger partial charge in [-0.15, -0.1) is 11.3 Å². The Kier molecular flexibility index (Phi) is 5.14. The molecule has 24 heavy (non-hydrogen) atoms. The molecule has 1 N–H and O–H groups in total. The number of methoxy groups -OCH3 is 1. The van der Waals surface area contributed by atoms with Gasteiger partial charge in [0.2, 0.25) is 5.88 Å². The summed E-state index contributed by atoms with van der Waals surface area (Å²) >= 11 is 1.65. The molecule has 0 saturated carbocycles. The summed E-state index contributed by atoms with van der Waals surface area (Å²) in [4.78, 5) is 25.1. The van der Waals surface area contributed by atoms with Crippen molar-refractivity contribution in [1.82, 2.24) is 20.2 Å². The van der Waals surface area contributed by atoms with Gasteiger partial charge >= 0.3 is 6.03 Å². The maximum atomic E-state index is 12.3.